The summed E-state index contributed by atoms with van der Waals surface area (Å²) in [6, 6.07) is 3.73. The van der Waals surface area contributed by atoms with E-state index < -0.39 is 35.6 Å². The molecule has 1 N–H and O–H groups in total. The van der Waals surface area contributed by atoms with Crippen molar-refractivity contribution in [2.24, 2.45) is 5.10 Å². The lowest BCUT2D eigenvalue weighted by molar-refractivity contribution is 0.0230. The normalized spacial score (nSPS) is 18.2. The van der Waals surface area contributed by atoms with Crippen molar-refractivity contribution < 1.29 is 22.7 Å². The molecule has 1 saturated heterocycles. The van der Waals surface area contributed by atoms with Crippen molar-refractivity contribution in [2.45, 2.75) is 18.6 Å². The van der Waals surface area contributed by atoms with Gasteiger partial charge in [-0.1, -0.05) is 0 Å². The quantitative estimate of drug-likeness (QED) is 0.669. The number of aromatic amines is 1. The van der Waals surface area contributed by atoms with E-state index in [-0.39, 0.29) is 24.8 Å². The molecule has 0 saturated carbocycles. The number of ether oxygens (including phenoxy) is 1. The average molecular weight is 443 g/mol. The van der Waals surface area contributed by atoms with Gasteiger partial charge < -0.3 is 9.64 Å². The van der Waals surface area contributed by atoms with Gasteiger partial charge in [-0.3, -0.25) is 5.10 Å². The molecule has 0 bridgehead atoms. The smallest absolute Gasteiger partial charge is 0.341 e. The molecule has 5 rings (SSSR count). The van der Waals surface area contributed by atoms with Crippen LogP contribution in [0.4, 0.5) is 18.0 Å². The monoisotopic (exact) mass is 443 g/mol. The predicted octanol–water partition coefficient (Wildman–Crippen LogP) is 2.90. The third kappa shape index (κ3) is 3.74. The fourth-order valence-corrected chi connectivity index (χ4v) is 3.56. The Morgan fingerprint density at radius 2 is 1.94 bits per heavy atom. The number of benzene rings is 1. The zero-order valence-corrected chi connectivity index (χ0v) is 16.5. The van der Waals surface area contributed by atoms with Crippen LogP contribution in [0, 0.1) is 17.5 Å². The van der Waals surface area contributed by atoms with Crippen molar-refractivity contribution in [3.8, 4) is 17.4 Å². The summed E-state index contributed by atoms with van der Waals surface area (Å²) < 4.78 is 46.9. The van der Waals surface area contributed by atoms with E-state index in [2.05, 4.69) is 25.3 Å². The van der Waals surface area contributed by atoms with E-state index in [0.29, 0.717) is 17.7 Å². The van der Waals surface area contributed by atoms with Crippen LogP contribution >= 0.6 is 0 Å². The Morgan fingerprint density at radius 3 is 2.66 bits per heavy atom. The summed E-state index contributed by atoms with van der Waals surface area (Å²) in [7, 11) is 0. The Balaban J connectivity index is 1.23. The molecule has 0 unspecified atom stereocenters. The van der Waals surface area contributed by atoms with Gasteiger partial charge in [-0.05, 0) is 23.8 Å². The van der Waals surface area contributed by atoms with Gasteiger partial charge in [0.2, 0.25) is 5.82 Å². The minimum Gasteiger partial charge on any atom is -0.468 e. The Kier molecular flexibility index (Phi) is 4.96. The molecule has 2 amide bonds. The van der Waals surface area contributed by atoms with E-state index in [0.717, 1.165) is 12.3 Å². The first-order chi connectivity index (χ1) is 15.5. The SMILES string of the molecule is O=C(N1CC(Oc2nc(-c3ccn[nH]3)ncc2F)C1)N1N=CC[C@H]1c1cc(F)cc(F)c1. The summed E-state index contributed by atoms with van der Waals surface area (Å²) in [5.41, 5.74) is 0.822. The van der Waals surface area contributed by atoms with Gasteiger partial charge in [0.1, 0.15) is 23.4 Å². The first kappa shape index (κ1) is 20.0. The van der Waals surface area contributed by atoms with E-state index in [4.69, 9.17) is 4.74 Å². The van der Waals surface area contributed by atoms with Gasteiger partial charge in [-0.25, -0.2) is 23.6 Å². The van der Waals surface area contributed by atoms with E-state index in [1.165, 1.54) is 34.5 Å². The predicted molar refractivity (Wildman–Crippen MR) is 105 cm³/mol. The molecule has 164 valence electrons. The van der Waals surface area contributed by atoms with Crippen LogP contribution in [0.15, 0.2) is 41.8 Å². The molecule has 2 aromatic heterocycles. The number of hydrogen-bond donors (Lipinski definition) is 1. The fraction of sp³-hybridized carbons (Fsp3) is 0.250. The van der Waals surface area contributed by atoms with Crippen molar-refractivity contribution in [1.29, 1.82) is 0 Å². The van der Waals surface area contributed by atoms with Gasteiger partial charge in [-0.15, -0.1) is 0 Å². The molecule has 12 heteroatoms. The van der Waals surface area contributed by atoms with Gasteiger partial charge in [0.05, 0.1) is 25.3 Å². The summed E-state index contributed by atoms with van der Waals surface area (Å²) in [5.74, 6) is -2.18. The Hall–Kier alpha value is -3.96. The molecular formula is C20H16F3N7O2. The number of nitrogens with zero attached hydrogens (tertiary/aromatic N) is 6. The highest BCUT2D eigenvalue weighted by Gasteiger charge is 2.39. The summed E-state index contributed by atoms with van der Waals surface area (Å²) in [6.07, 6.45) is 3.90. The van der Waals surface area contributed by atoms with E-state index in [1.54, 1.807) is 6.07 Å². The van der Waals surface area contributed by atoms with Crippen LogP contribution in [-0.2, 0) is 0 Å². The van der Waals surface area contributed by atoms with Gasteiger partial charge >= 0.3 is 6.03 Å². The van der Waals surface area contributed by atoms with Crippen LogP contribution in [-0.4, -0.2) is 61.5 Å². The molecule has 2 aliphatic rings. The maximum Gasteiger partial charge on any atom is 0.341 e. The number of nitrogens with one attached hydrogen (secondary N) is 1. The summed E-state index contributed by atoms with van der Waals surface area (Å²) in [6.45, 7) is 0.357. The number of urea groups is 1. The highest BCUT2D eigenvalue weighted by atomic mass is 19.1. The second kappa shape index (κ2) is 7.94. The van der Waals surface area contributed by atoms with Gasteiger partial charge in [0, 0.05) is 24.9 Å². The summed E-state index contributed by atoms with van der Waals surface area (Å²) >= 11 is 0. The van der Waals surface area contributed by atoms with Crippen LogP contribution in [0.5, 0.6) is 5.88 Å². The maximum atomic E-state index is 14.1. The minimum atomic E-state index is -0.727. The lowest BCUT2D eigenvalue weighted by Gasteiger charge is -2.40. The molecule has 32 heavy (non-hydrogen) atoms. The molecule has 4 heterocycles. The largest absolute Gasteiger partial charge is 0.468 e. The van der Waals surface area contributed by atoms with Gasteiger partial charge in [0.15, 0.2) is 5.82 Å². The molecule has 2 aliphatic heterocycles. The Bertz CT molecular complexity index is 1160. The van der Waals surface area contributed by atoms with Crippen LogP contribution in [0.1, 0.15) is 18.0 Å². The Labute approximate surface area is 179 Å². The number of aromatic nitrogens is 4. The van der Waals surface area contributed by atoms with Crippen LogP contribution < -0.4 is 4.74 Å². The Morgan fingerprint density at radius 1 is 1.16 bits per heavy atom. The minimum absolute atomic E-state index is 0.178. The number of halogens is 3. The summed E-state index contributed by atoms with van der Waals surface area (Å²) in [5, 5.41) is 11.7. The lowest BCUT2D eigenvalue weighted by atomic mass is 10.0. The molecule has 0 aliphatic carbocycles. The second-order valence-corrected chi connectivity index (χ2v) is 7.34. The summed E-state index contributed by atoms with van der Waals surface area (Å²) in [4.78, 5) is 22.3. The molecule has 1 aromatic carbocycles. The standard InChI is InChI=1S/C20H16F3N7O2/c21-12-5-11(6-13(22)7-12)17-2-4-26-30(17)20(31)29-9-14(10-29)32-19-15(23)8-24-18(27-19)16-1-3-25-28-16/h1,3-8,14,17H,2,9-10H2,(H,25,28)/t17-/m0/s1. The van der Waals surface area contributed by atoms with E-state index in [9.17, 15) is 18.0 Å². The van der Waals surface area contributed by atoms with E-state index >= 15 is 0 Å². The number of carbonyl (C=O) groups excluding carboxylic acids is 1. The highest BCUT2D eigenvalue weighted by molar-refractivity contribution is 5.79. The number of H-pyrrole nitrogens is 1. The van der Waals surface area contributed by atoms with Crippen molar-refractivity contribution in [2.75, 3.05) is 13.1 Å². The van der Waals surface area contributed by atoms with Gasteiger partial charge in [-0.2, -0.15) is 19.6 Å². The number of carbonyl (C=O) groups is 1. The number of likely N-dealkylation sites (tertiary alicyclic amines) is 1. The molecule has 0 spiro atoms. The molecule has 1 fully saturated rings. The topological polar surface area (TPSA) is 99.6 Å². The van der Waals surface area contributed by atoms with Crippen molar-refractivity contribution in [3.05, 3.63) is 59.7 Å². The van der Waals surface area contributed by atoms with Crippen molar-refractivity contribution in [3.63, 3.8) is 0 Å². The number of hydrazone groups is 1. The highest BCUT2D eigenvalue weighted by Crippen LogP contribution is 2.31. The van der Waals surface area contributed by atoms with E-state index in [1.807, 2.05) is 0 Å². The number of amides is 2. The molecule has 0 radical (unpaired) electrons. The van der Waals surface area contributed by atoms with Gasteiger partial charge in [0.25, 0.3) is 5.88 Å². The molecular weight excluding hydrogens is 427 g/mol. The molecule has 1 atom stereocenters. The lowest BCUT2D eigenvalue weighted by Crippen LogP contribution is -2.59. The van der Waals surface area contributed by atoms with Crippen LogP contribution in [0.2, 0.25) is 0 Å². The van der Waals surface area contributed by atoms with Crippen LogP contribution in [0.3, 0.4) is 0 Å². The third-order valence-electron chi connectivity index (χ3n) is 5.15. The molecule has 9 nitrogen and oxygen atoms in total. The first-order valence-electron chi connectivity index (χ1n) is 9.73. The maximum absolute atomic E-state index is 14.1. The zero-order valence-electron chi connectivity index (χ0n) is 16.5. The zero-order chi connectivity index (χ0) is 22.2. The average Bonchev–Trinajstić information content (AvgIpc) is 3.42. The fourth-order valence-electron chi connectivity index (χ4n) is 3.56. The van der Waals surface area contributed by atoms with Crippen LogP contribution in [0.25, 0.3) is 11.5 Å². The number of rotatable bonds is 4. The second-order valence-electron chi connectivity index (χ2n) is 7.34. The van der Waals surface area contributed by atoms with Crippen molar-refractivity contribution in [1.82, 2.24) is 30.1 Å². The first-order valence-corrected chi connectivity index (χ1v) is 9.73. The van der Waals surface area contributed by atoms with Crippen molar-refractivity contribution >= 4 is 12.2 Å². The number of hydrogen-bond acceptors (Lipinski definition) is 6. The molecule has 3 aromatic rings. The third-order valence-corrected chi connectivity index (χ3v) is 5.15.